The summed E-state index contributed by atoms with van der Waals surface area (Å²) in [5, 5.41) is 4.05. The quantitative estimate of drug-likeness (QED) is 0.892. The van der Waals surface area contributed by atoms with Gasteiger partial charge in [-0.05, 0) is 35.6 Å². The molecule has 1 heterocycles. The van der Waals surface area contributed by atoms with E-state index in [0.717, 1.165) is 5.56 Å². The van der Waals surface area contributed by atoms with Gasteiger partial charge in [0.05, 0.1) is 11.9 Å². The third-order valence-electron chi connectivity index (χ3n) is 3.81. The predicted molar refractivity (Wildman–Crippen MR) is 81.2 cm³/mol. The molecule has 0 bridgehead atoms. The van der Waals surface area contributed by atoms with Gasteiger partial charge in [0.25, 0.3) is 0 Å². The topological polar surface area (TPSA) is 81.1 Å². The molecule has 1 aromatic carbocycles. The molecular formula is C15H16FN3O3S. The number of hydrogen-bond acceptors (Lipinski definition) is 4. The van der Waals surface area contributed by atoms with Gasteiger partial charge in [-0.1, -0.05) is 12.1 Å². The first-order valence-corrected chi connectivity index (χ1v) is 8.76. The molecule has 0 aliphatic heterocycles. The molecule has 122 valence electrons. The largest absolute Gasteiger partial charge is 0.276 e. The first-order chi connectivity index (χ1) is 10.8. The zero-order chi connectivity index (χ0) is 16.6. The summed E-state index contributed by atoms with van der Waals surface area (Å²) < 4.78 is 40.6. The van der Waals surface area contributed by atoms with Crippen LogP contribution in [0, 0.1) is 11.7 Å². The Bertz CT molecular complexity index is 830. The second-order valence-electron chi connectivity index (χ2n) is 5.75. The molecule has 3 rings (SSSR count). The summed E-state index contributed by atoms with van der Waals surface area (Å²) >= 11 is 0. The lowest BCUT2D eigenvalue weighted by molar-refractivity contribution is -0.120. The Kier molecular flexibility index (Phi) is 3.93. The number of amides is 1. The maximum absolute atomic E-state index is 12.8. The van der Waals surface area contributed by atoms with Crippen molar-refractivity contribution in [1.82, 2.24) is 14.5 Å². The summed E-state index contributed by atoms with van der Waals surface area (Å²) in [6, 6.07) is 5.14. The van der Waals surface area contributed by atoms with E-state index in [4.69, 9.17) is 0 Å². The van der Waals surface area contributed by atoms with Gasteiger partial charge in [-0.3, -0.25) is 14.2 Å². The number of aryl methyl sites for hydroxylation is 1. The molecule has 0 spiro atoms. The average molecular weight is 337 g/mol. The monoisotopic (exact) mass is 337 g/mol. The van der Waals surface area contributed by atoms with Gasteiger partial charge in [0, 0.05) is 19.2 Å². The average Bonchev–Trinajstić information content (AvgIpc) is 3.16. The Labute approximate surface area is 133 Å². The predicted octanol–water partition coefficient (Wildman–Crippen LogP) is 1.31. The molecule has 2 atom stereocenters. The van der Waals surface area contributed by atoms with E-state index in [1.807, 2.05) is 6.20 Å². The fourth-order valence-corrected chi connectivity index (χ4v) is 3.71. The van der Waals surface area contributed by atoms with Crippen molar-refractivity contribution in [1.29, 1.82) is 0 Å². The lowest BCUT2D eigenvalue weighted by Crippen LogP contribution is -2.33. The van der Waals surface area contributed by atoms with Crippen LogP contribution in [0.15, 0.2) is 36.7 Å². The Morgan fingerprint density at radius 1 is 1.39 bits per heavy atom. The summed E-state index contributed by atoms with van der Waals surface area (Å²) in [5.74, 6) is -1.62. The zero-order valence-electron chi connectivity index (χ0n) is 12.4. The smallest absolute Gasteiger partial charge is 0.239 e. The number of carbonyl (C=O) groups excluding carboxylic acids is 1. The molecule has 1 fully saturated rings. The molecule has 8 heteroatoms. The number of aromatic nitrogens is 2. The van der Waals surface area contributed by atoms with E-state index in [-0.39, 0.29) is 17.6 Å². The van der Waals surface area contributed by atoms with Gasteiger partial charge in [0.2, 0.25) is 15.9 Å². The highest BCUT2D eigenvalue weighted by Crippen LogP contribution is 2.47. The highest BCUT2D eigenvalue weighted by Gasteiger charge is 2.45. The van der Waals surface area contributed by atoms with Crippen LogP contribution in [0.5, 0.6) is 0 Å². The van der Waals surface area contributed by atoms with E-state index < -0.39 is 21.7 Å². The highest BCUT2D eigenvalue weighted by molar-refractivity contribution is 7.89. The molecule has 1 N–H and O–H groups in total. The first kappa shape index (κ1) is 15.7. The number of hydrogen-bond donors (Lipinski definition) is 1. The van der Waals surface area contributed by atoms with Crippen LogP contribution in [-0.2, 0) is 27.6 Å². The molecule has 2 aromatic rings. The van der Waals surface area contributed by atoms with E-state index in [2.05, 4.69) is 9.82 Å². The minimum Gasteiger partial charge on any atom is -0.276 e. The van der Waals surface area contributed by atoms with Crippen LogP contribution in [-0.4, -0.2) is 24.1 Å². The molecule has 23 heavy (non-hydrogen) atoms. The fourth-order valence-electron chi connectivity index (χ4n) is 2.55. The van der Waals surface area contributed by atoms with Gasteiger partial charge in [-0.25, -0.2) is 12.8 Å². The van der Waals surface area contributed by atoms with Gasteiger partial charge >= 0.3 is 0 Å². The van der Waals surface area contributed by atoms with Crippen molar-refractivity contribution >= 4 is 15.9 Å². The number of halogens is 1. The second-order valence-corrected chi connectivity index (χ2v) is 7.47. The van der Waals surface area contributed by atoms with Crippen LogP contribution in [0.1, 0.15) is 23.5 Å². The van der Waals surface area contributed by atoms with Crippen molar-refractivity contribution < 1.29 is 17.6 Å². The zero-order valence-corrected chi connectivity index (χ0v) is 13.3. The molecule has 1 amide bonds. The maximum Gasteiger partial charge on any atom is 0.239 e. The third kappa shape index (κ3) is 3.76. The van der Waals surface area contributed by atoms with E-state index in [9.17, 15) is 17.6 Å². The Balaban J connectivity index is 1.60. The Morgan fingerprint density at radius 2 is 2.09 bits per heavy atom. The van der Waals surface area contributed by atoms with Crippen LogP contribution >= 0.6 is 0 Å². The minimum absolute atomic E-state index is 0.0183. The van der Waals surface area contributed by atoms with Crippen LogP contribution in [0.3, 0.4) is 0 Å². The molecule has 1 aromatic heterocycles. The van der Waals surface area contributed by atoms with Crippen molar-refractivity contribution in [2.24, 2.45) is 13.0 Å². The summed E-state index contributed by atoms with van der Waals surface area (Å²) in [6.07, 6.45) is 4.12. The van der Waals surface area contributed by atoms with Crippen molar-refractivity contribution in [3.8, 4) is 0 Å². The van der Waals surface area contributed by atoms with Crippen molar-refractivity contribution in [3.63, 3.8) is 0 Å². The van der Waals surface area contributed by atoms with Crippen LogP contribution < -0.4 is 4.72 Å². The van der Waals surface area contributed by atoms with E-state index >= 15 is 0 Å². The van der Waals surface area contributed by atoms with Gasteiger partial charge in [0.15, 0.2) is 0 Å². The lowest BCUT2D eigenvalue weighted by atomic mass is 10.2. The third-order valence-corrected chi connectivity index (χ3v) is 5.03. The van der Waals surface area contributed by atoms with E-state index in [1.54, 1.807) is 17.9 Å². The van der Waals surface area contributed by atoms with E-state index in [1.165, 1.54) is 24.3 Å². The highest BCUT2D eigenvalue weighted by atomic mass is 32.2. The standard InChI is InChI=1S/C15H16FN3O3S/c1-19-8-11(7-17-19)13-6-14(13)15(20)18-23(21,22)9-10-2-4-12(16)5-3-10/h2-5,7-8,13-14H,6,9H2,1H3,(H,18,20)/t13-,14-/m1/s1. The second kappa shape index (κ2) is 5.77. The molecule has 1 aliphatic rings. The van der Waals surface area contributed by atoms with Gasteiger partial charge < -0.3 is 0 Å². The first-order valence-electron chi connectivity index (χ1n) is 7.11. The molecule has 6 nitrogen and oxygen atoms in total. The maximum atomic E-state index is 12.8. The summed E-state index contributed by atoms with van der Waals surface area (Å²) in [4.78, 5) is 12.1. The molecule has 0 radical (unpaired) electrons. The van der Waals surface area contributed by atoms with Gasteiger partial charge in [0.1, 0.15) is 5.82 Å². The molecule has 1 aliphatic carbocycles. The Hall–Kier alpha value is -2.22. The van der Waals surface area contributed by atoms with Crippen LogP contribution in [0.25, 0.3) is 0 Å². The Morgan fingerprint density at radius 3 is 2.70 bits per heavy atom. The van der Waals surface area contributed by atoms with Crippen molar-refractivity contribution in [2.45, 2.75) is 18.1 Å². The summed E-state index contributed by atoms with van der Waals surface area (Å²) in [7, 11) is -2.01. The summed E-state index contributed by atoms with van der Waals surface area (Å²) in [6.45, 7) is 0. The summed E-state index contributed by atoms with van der Waals surface area (Å²) in [5.41, 5.74) is 1.36. The molecule has 0 saturated heterocycles. The fraction of sp³-hybridized carbons (Fsp3) is 0.333. The van der Waals surface area contributed by atoms with Crippen molar-refractivity contribution in [2.75, 3.05) is 0 Å². The number of sulfonamides is 1. The van der Waals surface area contributed by atoms with Gasteiger partial charge in [-0.15, -0.1) is 0 Å². The number of nitrogens with zero attached hydrogens (tertiary/aromatic N) is 2. The molecule has 0 unspecified atom stereocenters. The number of benzene rings is 1. The molecular weight excluding hydrogens is 321 g/mol. The van der Waals surface area contributed by atoms with Crippen LogP contribution in [0.4, 0.5) is 4.39 Å². The van der Waals surface area contributed by atoms with Crippen LogP contribution in [0.2, 0.25) is 0 Å². The van der Waals surface area contributed by atoms with Gasteiger partial charge in [-0.2, -0.15) is 5.10 Å². The number of carbonyl (C=O) groups is 1. The normalized spacial score (nSPS) is 20.3. The number of rotatable bonds is 5. The van der Waals surface area contributed by atoms with E-state index in [0.29, 0.717) is 12.0 Å². The van der Waals surface area contributed by atoms with Crippen molar-refractivity contribution in [3.05, 3.63) is 53.6 Å². The SMILES string of the molecule is Cn1cc([C@H]2C[C@H]2C(=O)NS(=O)(=O)Cc2ccc(F)cc2)cn1. The number of nitrogens with one attached hydrogen (secondary N) is 1. The lowest BCUT2D eigenvalue weighted by Gasteiger charge is -2.06. The minimum atomic E-state index is -3.79. The molecule has 1 saturated carbocycles.